The van der Waals surface area contributed by atoms with Gasteiger partial charge in [0.25, 0.3) is 6.71 Å². The molecule has 7 aromatic rings. The number of benzene rings is 7. The van der Waals surface area contributed by atoms with E-state index in [1.807, 2.05) is 0 Å². The van der Waals surface area contributed by atoms with Crippen molar-refractivity contribution in [1.82, 2.24) is 0 Å². The highest BCUT2D eigenvalue weighted by Crippen LogP contribution is 2.47. The van der Waals surface area contributed by atoms with Crippen LogP contribution in [0.1, 0.15) is 51.8 Å². The van der Waals surface area contributed by atoms with Gasteiger partial charge >= 0.3 is 0 Å². The van der Waals surface area contributed by atoms with E-state index in [1.54, 1.807) is 0 Å². The highest BCUT2D eigenvalue weighted by molar-refractivity contribution is 7.00. The van der Waals surface area contributed by atoms with Gasteiger partial charge in [-0.05, 0) is 177 Å². The fourth-order valence-electron chi connectivity index (χ4n) is 9.48. The van der Waals surface area contributed by atoms with E-state index < -0.39 is 0 Å². The van der Waals surface area contributed by atoms with Crippen LogP contribution in [0.25, 0.3) is 0 Å². The second-order valence-corrected chi connectivity index (χ2v) is 16.0. The van der Waals surface area contributed by atoms with Crippen molar-refractivity contribution in [2.45, 2.75) is 60.3 Å². The molecule has 4 heteroatoms. The van der Waals surface area contributed by atoms with Crippen molar-refractivity contribution >= 4 is 74.3 Å². The summed E-state index contributed by atoms with van der Waals surface area (Å²) in [5, 5.41) is 0. The zero-order valence-corrected chi connectivity index (χ0v) is 32.5. The van der Waals surface area contributed by atoms with Crippen LogP contribution in [0.5, 0.6) is 0 Å². The maximum absolute atomic E-state index is 2.60. The summed E-state index contributed by atoms with van der Waals surface area (Å²) < 4.78 is 0. The maximum atomic E-state index is 2.60. The summed E-state index contributed by atoms with van der Waals surface area (Å²) in [6.45, 7) is 11.1. The molecule has 0 bridgehead atoms. The van der Waals surface area contributed by atoms with Gasteiger partial charge in [0.15, 0.2) is 0 Å². The molecule has 0 aromatic heterocycles. The number of para-hydroxylation sites is 2. The molecule has 10 rings (SSSR count). The molecule has 3 aliphatic rings. The Bertz CT molecular complexity index is 2580. The van der Waals surface area contributed by atoms with E-state index in [0.29, 0.717) is 0 Å². The summed E-state index contributed by atoms with van der Waals surface area (Å²) in [4.78, 5) is 7.58. The van der Waals surface area contributed by atoms with Crippen LogP contribution >= 0.6 is 0 Å². The molecule has 3 nitrogen and oxygen atoms in total. The quantitative estimate of drug-likeness (QED) is 0.165. The van der Waals surface area contributed by atoms with Crippen molar-refractivity contribution in [3.63, 3.8) is 0 Å². The van der Waals surface area contributed by atoms with Crippen LogP contribution in [0.4, 0.5) is 51.2 Å². The Labute approximate surface area is 326 Å². The van der Waals surface area contributed by atoms with Crippen molar-refractivity contribution in [2.24, 2.45) is 0 Å². The van der Waals surface area contributed by atoms with E-state index in [0.717, 1.165) is 29.9 Å². The number of rotatable bonds is 5. The molecule has 268 valence electrons. The molecule has 55 heavy (non-hydrogen) atoms. The Morgan fingerprint density at radius 3 is 1.47 bits per heavy atom. The van der Waals surface area contributed by atoms with Crippen LogP contribution in [-0.4, -0.2) is 6.71 Å². The smallest absolute Gasteiger partial charge is 0.252 e. The van der Waals surface area contributed by atoms with E-state index in [9.17, 15) is 0 Å². The Morgan fingerprint density at radius 1 is 0.418 bits per heavy atom. The second-order valence-electron chi connectivity index (χ2n) is 16.0. The van der Waals surface area contributed by atoms with Gasteiger partial charge < -0.3 is 14.7 Å². The molecule has 0 saturated carbocycles. The third-order valence-corrected chi connectivity index (χ3v) is 12.2. The first-order valence-electron chi connectivity index (χ1n) is 19.9. The maximum Gasteiger partial charge on any atom is 0.252 e. The first-order chi connectivity index (χ1) is 26.8. The molecule has 0 amide bonds. The van der Waals surface area contributed by atoms with Gasteiger partial charge in [-0.3, -0.25) is 0 Å². The fourth-order valence-corrected chi connectivity index (χ4v) is 9.48. The highest BCUT2D eigenvalue weighted by atomic mass is 15.2. The van der Waals surface area contributed by atoms with Crippen LogP contribution in [-0.2, 0) is 12.8 Å². The monoisotopic (exact) mass is 711 g/mol. The van der Waals surface area contributed by atoms with Gasteiger partial charge in [0.05, 0.1) is 0 Å². The molecular weight excluding hydrogens is 665 g/mol. The Kier molecular flexibility index (Phi) is 7.99. The van der Waals surface area contributed by atoms with Crippen molar-refractivity contribution in [3.05, 3.63) is 178 Å². The largest absolute Gasteiger partial charge is 0.311 e. The standard InChI is InChI=1S/C51H46BN3/c1-33-18-22-40(23-19-33)53(41-24-20-34(2)21-25-41)42-26-27-47-44(32-42)52-43-30-38-14-8-9-15-39(38)31-48(43)55(46-17-11-7-13-37(46)5)50-29-35(3)28-49(51(50)52)54(47)45-16-10-6-12-36(45)4/h6-7,10-13,16-32H,8-9,14-15H2,1-5H3. The lowest BCUT2D eigenvalue weighted by Crippen LogP contribution is -2.61. The number of anilines is 9. The summed E-state index contributed by atoms with van der Waals surface area (Å²) in [6, 6.07) is 53.0. The van der Waals surface area contributed by atoms with Gasteiger partial charge in [0.2, 0.25) is 0 Å². The lowest BCUT2D eigenvalue weighted by atomic mass is 9.33. The van der Waals surface area contributed by atoms with Gasteiger partial charge in [-0.15, -0.1) is 0 Å². The van der Waals surface area contributed by atoms with Gasteiger partial charge in [-0.25, -0.2) is 0 Å². The summed E-state index contributed by atoms with van der Waals surface area (Å²) >= 11 is 0. The van der Waals surface area contributed by atoms with Crippen LogP contribution in [0.15, 0.2) is 140 Å². The Morgan fingerprint density at radius 2 is 0.909 bits per heavy atom. The van der Waals surface area contributed by atoms with Crippen LogP contribution in [0.2, 0.25) is 0 Å². The Hall–Kier alpha value is -6.00. The summed E-state index contributed by atoms with van der Waals surface area (Å²) in [6.07, 6.45) is 4.79. The molecule has 2 heterocycles. The van der Waals surface area contributed by atoms with Crippen molar-refractivity contribution in [2.75, 3.05) is 14.7 Å². The lowest BCUT2D eigenvalue weighted by Gasteiger charge is -2.45. The molecule has 0 radical (unpaired) electrons. The molecule has 0 fully saturated rings. The van der Waals surface area contributed by atoms with E-state index >= 15 is 0 Å². The van der Waals surface area contributed by atoms with E-state index in [2.05, 4.69) is 189 Å². The second kappa shape index (κ2) is 13.1. The predicted molar refractivity (Wildman–Crippen MR) is 235 cm³/mol. The minimum absolute atomic E-state index is 0.0567. The normalized spacial score (nSPS) is 13.9. The predicted octanol–water partition coefficient (Wildman–Crippen LogP) is 11.7. The molecule has 0 atom stereocenters. The molecule has 0 spiro atoms. The van der Waals surface area contributed by atoms with Crippen molar-refractivity contribution in [3.8, 4) is 0 Å². The first kappa shape index (κ1) is 33.6. The number of fused-ring (bicyclic) bond motifs is 5. The number of nitrogens with zero attached hydrogens (tertiary/aromatic N) is 3. The van der Waals surface area contributed by atoms with Gasteiger partial charge in [-0.1, -0.05) is 77.9 Å². The molecule has 1 aliphatic carbocycles. The van der Waals surface area contributed by atoms with E-state index in [4.69, 9.17) is 0 Å². The molecule has 0 unspecified atom stereocenters. The SMILES string of the molecule is Cc1ccc(N(c2ccc(C)cc2)c2ccc3c(c2)B2c4cc5c(cc4N(c4ccccc4C)c4cc(C)cc(c42)N3c2ccccc2C)CCCC5)cc1. The topological polar surface area (TPSA) is 9.72 Å². The van der Waals surface area contributed by atoms with Crippen LogP contribution in [0, 0.1) is 34.6 Å². The third kappa shape index (κ3) is 5.49. The minimum Gasteiger partial charge on any atom is -0.311 e. The molecule has 2 aliphatic heterocycles. The zero-order chi connectivity index (χ0) is 37.4. The molecule has 0 saturated heterocycles. The van der Waals surface area contributed by atoms with Crippen molar-refractivity contribution in [1.29, 1.82) is 0 Å². The highest BCUT2D eigenvalue weighted by Gasteiger charge is 2.44. The summed E-state index contributed by atoms with van der Waals surface area (Å²) in [5.74, 6) is 0. The summed E-state index contributed by atoms with van der Waals surface area (Å²) in [7, 11) is 0. The summed E-state index contributed by atoms with van der Waals surface area (Å²) in [5.41, 5.74) is 24.5. The average molecular weight is 712 g/mol. The van der Waals surface area contributed by atoms with E-state index in [1.165, 1.54) is 102 Å². The third-order valence-electron chi connectivity index (χ3n) is 12.2. The number of hydrogen-bond donors (Lipinski definition) is 0. The number of aryl methyl sites for hydroxylation is 7. The molecule has 0 N–H and O–H groups in total. The van der Waals surface area contributed by atoms with Gasteiger partial charge in [-0.2, -0.15) is 0 Å². The lowest BCUT2D eigenvalue weighted by molar-refractivity contribution is 0.686. The molecule has 7 aromatic carbocycles. The zero-order valence-electron chi connectivity index (χ0n) is 32.5. The Balaban J connectivity index is 1.30. The fraction of sp³-hybridized carbons (Fsp3) is 0.176. The van der Waals surface area contributed by atoms with Crippen LogP contribution in [0.3, 0.4) is 0 Å². The number of hydrogen-bond acceptors (Lipinski definition) is 3. The first-order valence-corrected chi connectivity index (χ1v) is 19.9. The van der Waals surface area contributed by atoms with E-state index in [-0.39, 0.29) is 6.71 Å². The minimum atomic E-state index is 0.0567. The van der Waals surface area contributed by atoms with Gasteiger partial charge in [0, 0.05) is 51.2 Å². The molecular formula is C51H46BN3. The van der Waals surface area contributed by atoms with Crippen molar-refractivity contribution < 1.29 is 0 Å². The van der Waals surface area contributed by atoms with Crippen LogP contribution < -0.4 is 31.1 Å². The average Bonchev–Trinajstić information content (AvgIpc) is 3.19. The van der Waals surface area contributed by atoms with Gasteiger partial charge in [0.1, 0.15) is 0 Å².